The second-order valence-electron chi connectivity index (χ2n) is 4.65. The molecule has 0 bridgehead atoms. The van der Waals surface area contributed by atoms with Gasteiger partial charge in [-0.3, -0.25) is 0 Å². The Morgan fingerprint density at radius 2 is 1.11 bits per heavy atom. The fourth-order valence-corrected chi connectivity index (χ4v) is 3.46. The first-order valence-electron chi connectivity index (χ1n) is 6.34. The van der Waals surface area contributed by atoms with Gasteiger partial charge in [-0.05, 0) is 37.1 Å². The van der Waals surface area contributed by atoms with Crippen molar-refractivity contribution >= 4 is 31.9 Å². The summed E-state index contributed by atoms with van der Waals surface area (Å²) < 4.78 is 2.30. The fourth-order valence-electron chi connectivity index (χ4n) is 2.21. The zero-order valence-corrected chi connectivity index (χ0v) is 14.2. The fraction of sp³-hybridized carbons (Fsp3) is 0.250. The molecular weight excluding hydrogens is 366 g/mol. The van der Waals surface area contributed by atoms with Gasteiger partial charge in [-0.2, -0.15) is 0 Å². The van der Waals surface area contributed by atoms with Crippen LogP contribution in [0, 0.1) is 0 Å². The zero-order chi connectivity index (χ0) is 13.8. The predicted molar refractivity (Wildman–Crippen MR) is 88.2 cm³/mol. The summed E-state index contributed by atoms with van der Waals surface area (Å²) in [6.07, 6.45) is 0. The van der Waals surface area contributed by atoms with E-state index in [2.05, 4.69) is 87.4 Å². The first-order valence-corrected chi connectivity index (χ1v) is 7.93. The maximum atomic E-state index is 3.63. The predicted octanol–water partition coefficient (Wildman–Crippen LogP) is 5.62. The second-order valence-corrected chi connectivity index (χ2v) is 6.36. The van der Waals surface area contributed by atoms with E-state index in [0.717, 1.165) is 8.95 Å². The highest BCUT2D eigenvalue weighted by Crippen LogP contribution is 2.28. The molecule has 0 saturated carbocycles. The SMILES string of the molecule is CC(N[C@@H](C)c1ccccc1Br)c1ccccc1Br. The summed E-state index contributed by atoms with van der Waals surface area (Å²) in [5.74, 6) is 0. The molecular formula is C16H17Br2N. The quantitative estimate of drug-likeness (QED) is 0.723. The lowest BCUT2D eigenvalue weighted by Crippen LogP contribution is -2.23. The molecule has 0 aliphatic carbocycles. The Labute approximate surface area is 131 Å². The topological polar surface area (TPSA) is 12.0 Å². The minimum atomic E-state index is 0.290. The van der Waals surface area contributed by atoms with Crippen LogP contribution in [0.4, 0.5) is 0 Å². The molecule has 0 fully saturated rings. The van der Waals surface area contributed by atoms with E-state index in [1.807, 2.05) is 12.1 Å². The molecule has 0 aliphatic rings. The van der Waals surface area contributed by atoms with Crippen LogP contribution in [0.1, 0.15) is 37.1 Å². The molecule has 0 aromatic heterocycles. The third kappa shape index (κ3) is 3.68. The van der Waals surface area contributed by atoms with Gasteiger partial charge in [0.25, 0.3) is 0 Å². The Morgan fingerprint density at radius 1 is 0.737 bits per heavy atom. The van der Waals surface area contributed by atoms with Crippen molar-refractivity contribution in [1.82, 2.24) is 5.32 Å². The summed E-state index contributed by atoms with van der Waals surface area (Å²) in [6, 6.07) is 17.3. The Bertz CT molecular complexity index is 504. The molecule has 1 N–H and O–H groups in total. The average molecular weight is 383 g/mol. The molecule has 19 heavy (non-hydrogen) atoms. The minimum absolute atomic E-state index is 0.290. The summed E-state index contributed by atoms with van der Waals surface area (Å²) in [4.78, 5) is 0. The Kier molecular flexibility index (Phi) is 5.20. The first-order chi connectivity index (χ1) is 9.09. The Hall–Kier alpha value is -0.640. The van der Waals surface area contributed by atoms with Gasteiger partial charge in [-0.25, -0.2) is 0 Å². The third-order valence-electron chi connectivity index (χ3n) is 3.24. The van der Waals surface area contributed by atoms with Gasteiger partial charge in [0.15, 0.2) is 0 Å². The van der Waals surface area contributed by atoms with Crippen LogP contribution in [0.3, 0.4) is 0 Å². The van der Waals surface area contributed by atoms with Crippen LogP contribution in [-0.4, -0.2) is 0 Å². The van der Waals surface area contributed by atoms with Crippen molar-refractivity contribution in [3.8, 4) is 0 Å². The van der Waals surface area contributed by atoms with Gasteiger partial charge in [0.05, 0.1) is 0 Å². The number of rotatable bonds is 4. The Balaban J connectivity index is 2.13. The number of hydrogen-bond acceptors (Lipinski definition) is 1. The molecule has 0 aliphatic heterocycles. The Morgan fingerprint density at radius 3 is 1.47 bits per heavy atom. The lowest BCUT2D eigenvalue weighted by atomic mass is 10.0. The van der Waals surface area contributed by atoms with E-state index in [4.69, 9.17) is 0 Å². The lowest BCUT2D eigenvalue weighted by molar-refractivity contribution is 0.492. The maximum Gasteiger partial charge on any atom is 0.0308 e. The second kappa shape index (κ2) is 6.69. The summed E-state index contributed by atoms with van der Waals surface area (Å²) in [6.45, 7) is 4.38. The van der Waals surface area contributed by atoms with Crippen molar-refractivity contribution in [2.75, 3.05) is 0 Å². The molecule has 2 atom stereocenters. The van der Waals surface area contributed by atoms with Crippen molar-refractivity contribution in [1.29, 1.82) is 0 Å². The minimum Gasteiger partial charge on any atom is -0.304 e. The molecule has 3 heteroatoms. The van der Waals surface area contributed by atoms with Crippen LogP contribution in [0.5, 0.6) is 0 Å². The molecule has 1 unspecified atom stereocenters. The smallest absolute Gasteiger partial charge is 0.0308 e. The van der Waals surface area contributed by atoms with Gasteiger partial charge in [0.2, 0.25) is 0 Å². The van der Waals surface area contributed by atoms with Crippen LogP contribution < -0.4 is 5.32 Å². The van der Waals surface area contributed by atoms with E-state index in [-0.39, 0.29) is 12.1 Å². The number of hydrogen-bond donors (Lipinski definition) is 1. The molecule has 2 aromatic rings. The van der Waals surface area contributed by atoms with Gasteiger partial charge in [-0.1, -0.05) is 68.3 Å². The van der Waals surface area contributed by atoms with Crippen molar-refractivity contribution in [3.63, 3.8) is 0 Å². The third-order valence-corrected chi connectivity index (χ3v) is 4.69. The number of benzene rings is 2. The van der Waals surface area contributed by atoms with Crippen molar-refractivity contribution in [3.05, 3.63) is 68.6 Å². The standard InChI is InChI=1S/C16H17Br2N/c1-11(13-7-3-5-9-15(13)17)19-12(2)14-8-4-6-10-16(14)18/h3-12,19H,1-2H3/t11-,12?/m0/s1. The van der Waals surface area contributed by atoms with Crippen LogP contribution in [0.2, 0.25) is 0 Å². The van der Waals surface area contributed by atoms with E-state index in [9.17, 15) is 0 Å². The molecule has 0 radical (unpaired) electrons. The van der Waals surface area contributed by atoms with E-state index in [1.54, 1.807) is 0 Å². The molecule has 2 aromatic carbocycles. The van der Waals surface area contributed by atoms with Gasteiger partial charge >= 0.3 is 0 Å². The highest BCUT2D eigenvalue weighted by Gasteiger charge is 2.14. The molecule has 1 nitrogen and oxygen atoms in total. The van der Waals surface area contributed by atoms with Crippen LogP contribution in [0.15, 0.2) is 57.5 Å². The molecule has 100 valence electrons. The summed E-state index contributed by atoms with van der Waals surface area (Å²) in [5.41, 5.74) is 2.56. The largest absolute Gasteiger partial charge is 0.304 e. The van der Waals surface area contributed by atoms with Gasteiger partial charge in [0, 0.05) is 21.0 Å². The van der Waals surface area contributed by atoms with Gasteiger partial charge < -0.3 is 5.32 Å². The van der Waals surface area contributed by atoms with E-state index >= 15 is 0 Å². The number of halogens is 2. The van der Waals surface area contributed by atoms with Gasteiger partial charge in [-0.15, -0.1) is 0 Å². The zero-order valence-electron chi connectivity index (χ0n) is 11.0. The summed E-state index contributed by atoms with van der Waals surface area (Å²) in [7, 11) is 0. The first kappa shape index (κ1) is 14.8. The van der Waals surface area contributed by atoms with Gasteiger partial charge in [0.1, 0.15) is 0 Å². The van der Waals surface area contributed by atoms with Crippen LogP contribution in [-0.2, 0) is 0 Å². The monoisotopic (exact) mass is 381 g/mol. The summed E-state index contributed by atoms with van der Waals surface area (Å²) in [5, 5.41) is 3.63. The number of nitrogens with one attached hydrogen (secondary N) is 1. The van der Waals surface area contributed by atoms with Crippen molar-refractivity contribution < 1.29 is 0 Å². The van der Waals surface area contributed by atoms with E-state index in [1.165, 1.54) is 11.1 Å². The highest BCUT2D eigenvalue weighted by atomic mass is 79.9. The molecule has 0 amide bonds. The molecule has 2 rings (SSSR count). The van der Waals surface area contributed by atoms with Crippen LogP contribution in [0.25, 0.3) is 0 Å². The average Bonchev–Trinajstić information content (AvgIpc) is 2.39. The lowest BCUT2D eigenvalue weighted by Gasteiger charge is -2.22. The van der Waals surface area contributed by atoms with Crippen LogP contribution >= 0.6 is 31.9 Å². The normalized spacial score (nSPS) is 14.1. The molecule has 0 spiro atoms. The summed E-state index contributed by atoms with van der Waals surface area (Å²) >= 11 is 7.22. The highest BCUT2D eigenvalue weighted by molar-refractivity contribution is 9.10. The maximum absolute atomic E-state index is 3.63. The van der Waals surface area contributed by atoms with Crippen molar-refractivity contribution in [2.24, 2.45) is 0 Å². The van der Waals surface area contributed by atoms with E-state index in [0.29, 0.717) is 0 Å². The molecule has 0 heterocycles. The van der Waals surface area contributed by atoms with E-state index < -0.39 is 0 Å². The van der Waals surface area contributed by atoms with Crippen molar-refractivity contribution in [2.45, 2.75) is 25.9 Å². The molecule has 0 saturated heterocycles.